The van der Waals surface area contributed by atoms with Crippen LogP contribution in [0.4, 0.5) is 26.3 Å². The van der Waals surface area contributed by atoms with Crippen LogP contribution in [0.3, 0.4) is 0 Å². The third-order valence-electron chi connectivity index (χ3n) is 4.59. The van der Waals surface area contributed by atoms with Crippen molar-refractivity contribution in [3.63, 3.8) is 0 Å². The van der Waals surface area contributed by atoms with Crippen LogP contribution in [0.1, 0.15) is 17.5 Å². The topological polar surface area (TPSA) is 76.0 Å². The Morgan fingerprint density at radius 2 is 1.03 bits per heavy atom. The second kappa shape index (κ2) is 7.89. The number of phenolic OH excluding ortho intramolecular Hbond substituents is 2. The first-order valence-corrected chi connectivity index (χ1v) is 8.37. The molecule has 0 atom stereocenters. The van der Waals surface area contributed by atoms with Crippen LogP contribution >= 0.6 is 0 Å². The van der Waals surface area contributed by atoms with Crippen LogP contribution in [0.15, 0.2) is 11.1 Å². The summed E-state index contributed by atoms with van der Waals surface area (Å²) >= 11 is 0. The molecule has 0 aromatic heterocycles. The number of halogens is 6. The molecule has 0 radical (unpaired) electrons. The number of carbonyl (C=O) groups excluding carboxylic acids is 1. The van der Waals surface area contributed by atoms with Gasteiger partial charge in [0.05, 0.1) is 25.3 Å². The number of hydrogen-bond donors (Lipinski definition) is 2. The lowest BCUT2D eigenvalue weighted by molar-refractivity contribution is -0.114. The van der Waals surface area contributed by atoms with E-state index in [4.69, 9.17) is 0 Å². The Morgan fingerprint density at radius 3 is 1.32 bits per heavy atom. The van der Waals surface area contributed by atoms with Crippen molar-refractivity contribution in [3.05, 3.63) is 57.2 Å². The highest BCUT2D eigenvalue weighted by atomic mass is 19.2. The average Bonchev–Trinajstić information content (AvgIpc) is 2.74. The van der Waals surface area contributed by atoms with Gasteiger partial charge in [-0.25, -0.2) is 17.6 Å². The van der Waals surface area contributed by atoms with Crippen LogP contribution in [0, 0.1) is 34.9 Å². The molecule has 2 aromatic carbocycles. The van der Waals surface area contributed by atoms with Gasteiger partial charge in [-0.1, -0.05) is 0 Å². The van der Waals surface area contributed by atoms with E-state index in [0.717, 1.165) is 14.2 Å². The van der Waals surface area contributed by atoms with Gasteiger partial charge in [-0.3, -0.25) is 4.79 Å². The molecular formula is C20H12F6O5. The summed E-state index contributed by atoms with van der Waals surface area (Å²) in [5.74, 6) is -15.8. The SMILES string of the molecule is COc1c(O)c(F)c(F)c(/C=C2\C/C(=C\c3c(F)c(F)c(O)c(OC)c3F)C2=O)c1F. The minimum absolute atomic E-state index is 0.261. The first-order chi connectivity index (χ1) is 14.5. The monoisotopic (exact) mass is 446 g/mol. The van der Waals surface area contributed by atoms with Crippen LogP contribution in [0.2, 0.25) is 0 Å². The Hall–Kier alpha value is -3.63. The molecule has 1 saturated carbocycles. The lowest BCUT2D eigenvalue weighted by atomic mass is 9.82. The van der Waals surface area contributed by atoms with E-state index in [1.807, 2.05) is 0 Å². The van der Waals surface area contributed by atoms with Crippen molar-refractivity contribution in [2.75, 3.05) is 14.2 Å². The van der Waals surface area contributed by atoms with Gasteiger partial charge in [-0.2, -0.15) is 8.78 Å². The van der Waals surface area contributed by atoms with E-state index in [0.29, 0.717) is 12.2 Å². The summed E-state index contributed by atoms with van der Waals surface area (Å²) in [4.78, 5) is 12.3. The molecule has 3 rings (SSSR count). The molecule has 0 aliphatic heterocycles. The molecule has 1 aliphatic rings. The van der Waals surface area contributed by atoms with Crippen LogP contribution in [-0.2, 0) is 4.79 Å². The van der Waals surface area contributed by atoms with Gasteiger partial charge in [0.15, 0.2) is 29.1 Å². The summed E-state index contributed by atoms with van der Waals surface area (Å²) in [5.41, 5.74) is -2.54. The maximum Gasteiger partial charge on any atom is 0.205 e. The first-order valence-electron chi connectivity index (χ1n) is 8.37. The molecule has 0 saturated heterocycles. The molecule has 0 bridgehead atoms. The minimum atomic E-state index is -1.80. The molecule has 0 amide bonds. The number of ether oxygens (including phenoxy) is 2. The lowest BCUT2D eigenvalue weighted by Crippen LogP contribution is -2.19. The molecular weight excluding hydrogens is 434 g/mol. The zero-order chi connectivity index (χ0) is 23.2. The first kappa shape index (κ1) is 22.1. The predicted octanol–water partition coefficient (Wildman–Crippen LogP) is 4.39. The Bertz CT molecular complexity index is 1100. The molecule has 0 heterocycles. The van der Waals surface area contributed by atoms with Crippen molar-refractivity contribution >= 4 is 17.9 Å². The third kappa shape index (κ3) is 3.35. The number of methoxy groups -OCH3 is 2. The summed E-state index contributed by atoms with van der Waals surface area (Å²) in [5, 5.41) is 18.8. The Kier molecular flexibility index (Phi) is 5.62. The van der Waals surface area contributed by atoms with E-state index in [-0.39, 0.29) is 17.6 Å². The highest BCUT2D eigenvalue weighted by molar-refractivity contribution is 6.21. The number of ketones is 1. The van der Waals surface area contributed by atoms with Gasteiger partial charge in [0.1, 0.15) is 0 Å². The molecule has 0 unspecified atom stereocenters. The number of carbonyl (C=O) groups is 1. The van der Waals surface area contributed by atoms with Gasteiger partial charge in [0.25, 0.3) is 0 Å². The normalized spacial score (nSPS) is 16.1. The molecule has 1 aliphatic carbocycles. The number of benzene rings is 2. The Balaban J connectivity index is 2.03. The fraction of sp³-hybridized carbons (Fsp3) is 0.150. The van der Waals surface area contributed by atoms with Crippen LogP contribution < -0.4 is 9.47 Å². The molecule has 0 spiro atoms. The van der Waals surface area contributed by atoms with Crippen molar-refractivity contribution in [1.29, 1.82) is 0 Å². The van der Waals surface area contributed by atoms with Gasteiger partial charge < -0.3 is 19.7 Å². The largest absolute Gasteiger partial charge is 0.502 e. The molecule has 5 nitrogen and oxygen atoms in total. The quantitative estimate of drug-likeness (QED) is 0.414. The van der Waals surface area contributed by atoms with E-state index < -0.39 is 74.8 Å². The zero-order valence-corrected chi connectivity index (χ0v) is 15.7. The van der Waals surface area contributed by atoms with Gasteiger partial charge in [0, 0.05) is 17.6 Å². The summed E-state index contributed by atoms with van der Waals surface area (Å²) in [6, 6.07) is 0. The number of allylic oxidation sites excluding steroid dienone is 2. The fourth-order valence-electron chi connectivity index (χ4n) is 2.96. The van der Waals surface area contributed by atoms with E-state index in [1.165, 1.54) is 0 Å². The second-order valence-corrected chi connectivity index (χ2v) is 6.32. The number of aromatic hydroxyl groups is 2. The maximum absolute atomic E-state index is 14.3. The van der Waals surface area contributed by atoms with Crippen LogP contribution in [-0.4, -0.2) is 30.2 Å². The van der Waals surface area contributed by atoms with E-state index in [9.17, 15) is 41.4 Å². The third-order valence-corrected chi connectivity index (χ3v) is 4.59. The number of Topliss-reactive ketones (excluding diaryl/α,β-unsaturated/α-hetero) is 1. The van der Waals surface area contributed by atoms with Crippen molar-refractivity contribution < 1.29 is 50.8 Å². The smallest absolute Gasteiger partial charge is 0.205 e. The molecule has 2 aromatic rings. The molecule has 1 fully saturated rings. The molecule has 2 N–H and O–H groups in total. The van der Waals surface area contributed by atoms with Crippen LogP contribution in [0.5, 0.6) is 23.0 Å². The molecule has 164 valence electrons. The molecule has 31 heavy (non-hydrogen) atoms. The Morgan fingerprint density at radius 1 is 0.677 bits per heavy atom. The van der Waals surface area contributed by atoms with E-state index in [1.54, 1.807) is 0 Å². The maximum atomic E-state index is 14.3. The van der Waals surface area contributed by atoms with Crippen molar-refractivity contribution in [2.24, 2.45) is 0 Å². The van der Waals surface area contributed by atoms with E-state index >= 15 is 0 Å². The average molecular weight is 446 g/mol. The van der Waals surface area contributed by atoms with Crippen molar-refractivity contribution in [1.82, 2.24) is 0 Å². The number of hydrogen-bond acceptors (Lipinski definition) is 5. The number of phenols is 2. The van der Waals surface area contributed by atoms with Crippen molar-refractivity contribution in [3.8, 4) is 23.0 Å². The standard InChI is InChI=1S/C20H12F6O5/c1-30-19-12(23)8(10(21)14(25)17(19)28)4-6-3-7(16(6)27)5-9-11(22)15(26)18(29)20(31-2)13(9)24/h4-5,28-29H,3H2,1-2H3/b6-4+,7-5+. The van der Waals surface area contributed by atoms with Gasteiger partial charge in [0.2, 0.25) is 34.6 Å². The fourth-order valence-corrected chi connectivity index (χ4v) is 2.96. The van der Waals surface area contributed by atoms with Gasteiger partial charge >= 0.3 is 0 Å². The zero-order valence-electron chi connectivity index (χ0n) is 15.7. The Labute approximate surface area is 170 Å². The minimum Gasteiger partial charge on any atom is -0.502 e. The van der Waals surface area contributed by atoms with Gasteiger partial charge in [-0.05, 0) is 12.2 Å². The van der Waals surface area contributed by atoms with E-state index in [2.05, 4.69) is 9.47 Å². The summed E-state index contributed by atoms with van der Waals surface area (Å²) in [6.07, 6.45) is 0.951. The summed E-state index contributed by atoms with van der Waals surface area (Å²) < 4.78 is 93.1. The summed E-state index contributed by atoms with van der Waals surface area (Å²) in [6.45, 7) is 0. The second-order valence-electron chi connectivity index (χ2n) is 6.32. The van der Waals surface area contributed by atoms with Crippen molar-refractivity contribution in [2.45, 2.75) is 6.42 Å². The predicted molar refractivity (Wildman–Crippen MR) is 94.6 cm³/mol. The highest BCUT2D eigenvalue weighted by Gasteiger charge is 2.32. The molecule has 11 heteroatoms. The van der Waals surface area contributed by atoms with Crippen LogP contribution in [0.25, 0.3) is 12.2 Å². The number of rotatable bonds is 4. The lowest BCUT2D eigenvalue weighted by Gasteiger charge is -2.21. The highest BCUT2D eigenvalue weighted by Crippen LogP contribution is 2.41. The summed E-state index contributed by atoms with van der Waals surface area (Å²) in [7, 11) is 1.80. The van der Waals surface area contributed by atoms with Gasteiger partial charge in [-0.15, -0.1) is 0 Å².